The zero-order valence-electron chi connectivity index (χ0n) is 9.60. The van der Waals surface area contributed by atoms with Crippen molar-refractivity contribution in [3.8, 4) is 0 Å². The van der Waals surface area contributed by atoms with E-state index in [-0.39, 0.29) is 0 Å². The third-order valence-electron chi connectivity index (χ3n) is 3.22. The highest BCUT2D eigenvalue weighted by molar-refractivity contribution is 5.82. The van der Waals surface area contributed by atoms with Crippen molar-refractivity contribution in [2.24, 2.45) is 16.6 Å². The highest BCUT2D eigenvalue weighted by Gasteiger charge is 2.16. The summed E-state index contributed by atoms with van der Waals surface area (Å²) in [5, 5.41) is 0. The number of amidine groups is 1. The molecule has 1 aromatic rings. The van der Waals surface area contributed by atoms with Crippen LogP contribution in [0.4, 0.5) is 0 Å². The molecule has 1 heterocycles. The molecular formula is C13H19N3. The van der Waals surface area contributed by atoms with E-state index >= 15 is 0 Å². The van der Waals surface area contributed by atoms with Gasteiger partial charge in [-0.15, -0.1) is 0 Å². The molecule has 1 aliphatic rings. The molecule has 0 saturated heterocycles. The summed E-state index contributed by atoms with van der Waals surface area (Å²) in [4.78, 5) is 8.47. The standard InChI is InChI=1S/C13H19N3/c14-13(12-4-2-1-3-5-12)16-10-11-6-8-15-9-7-11/h6-9,12H,1-5,10H2,(H2,14,16). The van der Waals surface area contributed by atoms with Gasteiger partial charge in [0, 0.05) is 18.3 Å². The van der Waals surface area contributed by atoms with Gasteiger partial charge in [0.1, 0.15) is 0 Å². The minimum atomic E-state index is 0.524. The van der Waals surface area contributed by atoms with Gasteiger partial charge in [-0.2, -0.15) is 0 Å². The summed E-state index contributed by atoms with van der Waals surface area (Å²) in [6, 6.07) is 3.97. The predicted octanol–water partition coefficient (Wildman–Crippen LogP) is 2.52. The number of pyridine rings is 1. The van der Waals surface area contributed by atoms with Crippen LogP contribution < -0.4 is 5.73 Å². The van der Waals surface area contributed by atoms with Gasteiger partial charge in [0.2, 0.25) is 0 Å². The van der Waals surface area contributed by atoms with E-state index in [0.29, 0.717) is 12.5 Å². The van der Waals surface area contributed by atoms with Crippen LogP contribution in [-0.4, -0.2) is 10.8 Å². The Morgan fingerprint density at radius 2 is 1.94 bits per heavy atom. The van der Waals surface area contributed by atoms with Crippen LogP contribution in [0.2, 0.25) is 0 Å². The molecule has 0 radical (unpaired) electrons. The van der Waals surface area contributed by atoms with Crippen molar-refractivity contribution in [3.63, 3.8) is 0 Å². The molecule has 2 N–H and O–H groups in total. The second-order valence-corrected chi connectivity index (χ2v) is 4.43. The van der Waals surface area contributed by atoms with Crippen LogP contribution >= 0.6 is 0 Å². The quantitative estimate of drug-likeness (QED) is 0.624. The fourth-order valence-electron chi connectivity index (χ4n) is 2.20. The van der Waals surface area contributed by atoms with E-state index < -0.39 is 0 Å². The highest BCUT2D eigenvalue weighted by atomic mass is 14.9. The molecule has 1 saturated carbocycles. The molecule has 0 atom stereocenters. The number of nitrogens with zero attached hydrogens (tertiary/aromatic N) is 2. The van der Waals surface area contributed by atoms with Crippen LogP contribution in [0.15, 0.2) is 29.5 Å². The van der Waals surface area contributed by atoms with Gasteiger partial charge in [0.25, 0.3) is 0 Å². The summed E-state index contributed by atoms with van der Waals surface area (Å²) in [7, 11) is 0. The van der Waals surface area contributed by atoms with Gasteiger partial charge in [0.15, 0.2) is 0 Å². The lowest BCUT2D eigenvalue weighted by Gasteiger charge is -2.20. The summed E-state index contributed by atoms with van der Waals surface area (Å²) >= 11 is 0. The second kappa shape index (κ2) is 5.64. The summed E-state index contributed by atoms with van der Waals surface area (Å²) < 4.78 is 0. The lowest BCUT2D eigenvalue weighted by molar-refractivity contribution is 0.436. The fourth-order valence-corrected chi connectivity index (χ4v) is 2.20. The summed E-state index contributed by atoms with van der Waals surface area (Å²) in [5.74, 6) is 1.37. The van der Waals surface area contributed by atoms with Gasteiger partial charge in [-0.3, -0.25) is 9.98 Å². The molecule has 0 unspecified atom stereocenters. The monoisotopic (exact) mass is 217 g/mol. The van der Waals surface area contributed by atoms with E-state index in [4.69, 9.17) is 5.73 Å². The first kappa shape index (κ1) is 11.1. The largest absolute Gasteiger partial charge is 0.387 e. The van der Waals surface area contributed by atoms with Crippen molar-refractivity contribution in [1.82, 2.24) is 4.98 Å². The van der Waals surface area contributed by atoms with Gasteiger partial charge >= 0.3 is 0 Å². The molecule has 0 amide bonds. The zero-order chi connectivity index (χ0) is 11.2. The number of aliphatic imine (C=N–C) groups is 1. The second-order valence-electron chi connectivity index (χ2n) is 4.43. The van der Waals surface area contributed by atoms with Gasteiger partial charge in [0.05, 0.1) is 12.4 Å². The molecule has 0 spiro atoms. The number of hydrogen-bond acceptors (Lipinski definition) is 2. The normalized spacial score (nSPS) is 18.6. The zero-order valence-corrected chi connectivity index (χ0v) is 9.60. The Morgan fingerprint density at radius 3 is 2.62 bits per heavy atom. The molecule has 0 aromatic carbocycles. The minimum Gasteiger partial charge on any atom is -0.387 e. The molecule has 16 heavy (non-hydrogen) atoms. The first-order valence-electron chi connectivity index (χ1n) is 6.05. The van der Waals surface area contributed by atoms with E-state index in [1.807, 2.05) is 12.1 Å². The Kier molecular flexibility index (Phi) is 3.91. The van der Waals surface area contributed by atoms with Gasteiger partial charge in [-0.25, -0.2) is 0 Å². The third kappa shape index (κ3) is 3.05. The molecule has 2 rings (SSSR count). The summed E-state index contributed by atoms with van der Waals surface area (Å²) in [5.41, 5.74) is 7.21. The molecule has 3 nitrogen and oxygen atoms in total. The van der Waals surface area contributed by atoms with Crippen molar-refractivity contribution in [1.29, 1.82) is 0 Å². The van der Waals surface area contributed by atoms with Gasteiger partial charge in [-0.1, -0.05) is 19.3 Å². The maximum Gasteiger partial charge on any atom is 0.0972 e. The number of hydrogen-bond donors (Lipinski definition) is 1. The van der Waals surface area contributed by atoms with E-state index in [9.17, 15) is 0 Å². The Bertz CT molecular complexity index is 339. The van der Waals surface area contributed by atoms with Crippen LogP contribution in [0.5, 0.6) is 0 Å². The molecule has 3 heteroatoms. The van der Waals surface area contributed by atoms with Crippen LogP contribution in [0.25, 0.3) is 0 Å². The van der Waals surface area contributed by atoms with Crippen molar-refractivity contribution >= 4 is 5.84 Å². The molecular weight excluding hydrogens is 198 g/mol. The SMILES string of the molecule is NC(=NCc1ccncc1)C1CCCCC1. The predicted molar refractivity (Wildman–Crippen MR) is 66.1 cm³/mol. The average Bonchev–Trinajstić information content (AvgIpc) is 2.38. The lowest BCUT2D eigenvalue weighted by atomic mass is 9.88. The smallest absolute Gasteiger partial charge is 0.0972 e. The van der Waals surface area contributed by atoms with Crippen LogP contribution in [0.1, 0.15) is 37.7 Å². The number of nitrogens with two attached hydrogens (primary N) is 1. The van der Waals surface area contributed by atoms with Crippen LogP contribution in [-0.2, 0) is 6.54 Å². The van der Waals surface area contributed by atoms with Crippen LogP contribution in [0.3, 0.4) is 0 Å². The molecule has 1 aromatic heterocycles. The molecule has 0 aliphatic heterocycles. The number of rotatable bonds is 3. The van der Waals surface area contributed by atoms with Crippen molar-refractivity contribution in [3.05, 3.63) is 30.1 Å². The van der Waals surface area contributed by atoms with E-state index in [1.54, 1.807) is 12.4 Å². The number of aromatic nitrogens is 1. The maximum absolute atomic E-state index is 6.03. The minimum absolute atomic E-state index is 0.524. The topological polar surface area (TPSA) is 51.3 Å². The fraction of sp³-hybridized carbons (Fsp3) is 0.538. The van der Waals surface area contributed by atoms with Gasteiger partial charge in [-0.05, 0) is 30.5 Å². The Hall–Kier alpha value is -1.38. The van der Waals surface area contributed by atoms with Crippen molar-refractivity contribution < 1.29 is 0 Å². The van der Waals surface area contributed by atoms with Gasteiger partial charge < -0.3 is 5.73 Å². The van der Waals surface area contributed by atoms with Crippen LogP contribution in [0, 0.1) is 5.92 Å². The molecule has 1 fully saturated rings. The summed E-state index contributed by atoms with van der Waals surface area (Å²) in [6.45, 7) is 0.685. The highest BCUT2D eigenvalue weighted by Crippen LogP contribution is 2.23. The Balaban J connectivity index is 1.91. The Morgan fingerprint density at radius 1 is 1.25 bits per heavy atom. The van der Waals surface area contributed by atoms with Crippen molar-refractivity contribution in [2.75, 3.05) is 0 Å². The lowest BCUT2D eigenvalue weighted by Crippen LogP contribution is -2.25. The Labute approximate surface area is 96.8 Å². The third-order valence-corrected chi connectivity index (χ3v) is 3.22. The van der Waals surface area contributed by atoms with E-state index in [1.165, 1.54) is 37.7 Å². The van der Waals surface area contributed by atoms with Crippen molar-refractivity contribution in [2.45, 2.75) is 38.6 Å². The summed E-state index contributed by atoms with van der Waals surface area (Å²) in [6.07, 6.45) is 9.97. The average molecular weight is 217 g/mol. The van der Waals surface area contributed by atoms with E-state index in [2.05, 4.69) is 9.98 Å². The molecule has 86 valence electrons. The maximum atomic E-state index is 6.03. The molecule has 1 aliphatic carbocycles. The first-order chi connectivity index (χ1) is 7.86. The first-order valence-corrected chi connectivity index (χ1v) is 6.05. The van der Waals surface area contributed by atoms with E-state index in [0.717, 1.165) is 5.84 Å². The molecule has 0 bridgehead atoms.